The third-order valence-corrected chi connectivity index (χ3v) is 8.42. The monoisotopic (exact) mass is 1040 g/mol. The Balaban J connectivity index is 0.000000391. The molecule has 3 nitrogen and oxygen atoms in total. The Morgan fingerprint density at radius 3 is 0.974 bits per heavy atom. The molecule has 0 radical (unpaired) electrons. The summed E-state index contributed by atoms with van der Waals surface area (Å²) in [5.74, 6) is 0. The van der Waals surface area contributed by atoms with Crippen LogP contribution in [-0.2, 0) is 16.0 Å². The molecular weight excluding hydrogens is 1030 g/mol. The second-order valence-corrected chi connectivity index (χ2v) is 11.9. The van der Waals surface area contributed by atoms with E-state index in [0.29, 0.717) is 19.2 Å². The number of nitrogen functional groups attached to an aromatic ring is 2. The average Bonchev–Trinajstić information content (AvgIpc) is 2.72. The number of benzene rings is 2. The van der Waals surface area contributed by atoms with Crippen molar-refractivity contribution >= 4 is 102 Å². The molecule has 0 aromatic heterocycles. The SMILES string of the molecule is COC(c1cc(I)c(N)c(I)c1)(C(F)(F)F)C(F)(F)F.Nc1c(I)cc(C(F)(C(F)(F)F)C(F)(F)F)cc1I. The van der Waals surface area contributed by atoms with Gasteiger partial charge in [-0.05, 0) is 115 Å². The lowest BCUT2D eigenvalue weighted by molar-refractivity contribution is -0.383. The second-order valence-electron chi connectivity index (χ2n) is 7.24. The minimum Gasteiger partial charge on any atom is -0.397 e. The molecule has 39 heavy (non-hydrogen) atoms. The van der Waals surface area contributed by atoms with Gasteiger partial charge in [0.05, 0.1) is 11.4 Å². The largest absolute Gasteiger partial charge is 0.435 e. The van der Waals surface area contributed by atoms with E-state index < -0.39 is 47.1 Å². The number of hydrogen-bond donors (Lipinski definition) is 2. The fourth-order valence-electron chi connectivity index (χ4n) is 2.90. The summed E-state index contributed by atoms with van der Waals surface area (Å²) in [4.78, 5) is 0. The minimum atomic E-state index is -6.12. The molecule has 2 rings (SSSR count). The summed E-state index contributed by atoms with van der Waals surface area (Å²) in [6.07, 6.45) is -23.6. The van der Waals surface area contributed by atoms with E-state index in [1.807, 2.05) is 0 Å². The van der Waals surface area contributed by atoms with Crippen LogP contribution >= 0.6 is 90.4 Å². The molecule has 2 aromatic rings. The maximum absolute atomic E-state index is 13.7. The van der Waals surface area contributed by atoms with E-state index in [9.17, 15) is 57.1 Å². The molecule has 0 spiro atoms. The van der Waals surface area contributed by atoms with Crippen molar-refractivity contribution in [3.05, 3.63) is 49.7 Å². The van der Waals surface area contributed by atoms with Crippen LogP contribution in [0.15, 0.2) is 24.3 Å². The number of hydrogen-bond acceptors (Lipinski definition) is 3. The standard InChI is InChI=1S/C10H7F6I2NO.C9H4F7I2N/c1-20-8(9(11,12)13,10(14,15)16)4-2-5(17)7(19)6(18)3-4;10-7(8(11,12)13,9(14,15)16)3-1-4(17)6(19)5(18)2-3/h2-3H,19H2,1H3;1-2H,19H2. The van der Waals surface area contributed by atoms with E-state index in [1.165, 1.54) is 45.2 Å². The van der Waals surface area contributed by atoms with Gasteiger partial charge in [0, 0.05) is 32.5 Å². The van der Waals surface area contributed by atoms with Gasteiger partial charge in [0.25, 0.3) is 5.60 Å². The molecule has 20 heteroatoms. The first kappa shape index (κ1) is 37.0. The lowest BCUT2D eigenvalue weighted by Gasteiger charge is -2.36. The lowest BCUT2D eigenvalue weighted by atomic mass is 9.91. The number of methoxy groups -OCH3 is 1. The van der Waals surface area contributed by atoms with Crippen molar-refractivity contribution in [2.24, 2.45) is 0 Å². The first-order chi connectivity index (χ1) is 17.2. The molecule has 0 saturated heterocycles. The summed E-state index contributed by atoms with van der Waals surface area (Å²) in [7, 11) is 0.372. The van der Waals surface area contributed by atoms with Crippen molar-refractivity contribution in [3.8, 4) is 0 Å². The molecule has 0 aliphatic rings. The molecule has 0 atom stereocenters. The molecule has 0 aliphatic heterocycles. The smallest absolute Gasteiger partial charge is 0.397 e. The fraction of sp³-hybridized carbons (Fsp3) is 0.368. The highest BCUT2D eigenvalue weighted by molar-refractivity contribution is 14.1. The molecule has 0 fully saturated rings. The van der Waals surface area contributed by atoms with Crippen LogP contribution in [0.1, 0.15) is 11.1 Å². The van der Waals surface area contributed by atoms with Gasteiger partial charge in [0.1, 0.15) is 0 Å². The van der Waals surface area contributed by atoms with Crippen LogP contribution in [0.2, 0.25) is 0 Å². The van der Waals surface area contributed by atoms with Crippen molar-refractivity contribution in [1.82, 2.24) is 0 Å². The summed E-state index contributed by atoms with van der Waals surface area (Å²) in [6, 6.07) is 2.34. The minimum absolute atomic E-state index is 0.00310. The van der Waals surface area contributed by atoms with Crippen LogP contribution < -0.4 is 11.5 Å². The zero-order valence-electron chi connectivity index (χ0n) is 18.3. The Kier molecular flexibility index (Phi) is 11.7. The van der Waals surface area contributed by atoms with Crippen LogP contribution in [0, 0.1) is 14.3 Å². The third kappa shape index (κ3) is 7.15. The number of nitrogens with two attached hydrogens (primary N) is 2. The zero-order chi connectivity index (χ0) is 31.2. The summed E-state index contributed by atoms with van der Waals surface area (Å²) < 4.78 is 171. The maximum Gasteiger partial charge on any atom is 0.435 e. The van der Waals surface area contributed by atoms with Crippen molar-refractivity contribution in [3.63, 3.8) is 0 Å². The number of rotatable bonds is 3. The van der Waals surface area contributed by atoms with Crippen LogP contribution in [-0.4, -0.2) is 31.8 Å². The van der Waals surface area contributed by atoms with Crippen LogP contribution in [0.5, 0.6) is 0 Å². The van der Waals surface area contributed by atoms with Crippen molar-refractivity contribution in [2.45, 2.75) is 36.0 Å². The molecule has 222 valence electrons. The van der Waals surface area contributed by atoms with Gasteiger partial charge in [0.15, 0.2) is 0 Å². The predicted octanol–water partition coefficient (Wildman–Crippen LogP) is 9.21. The summed E-state index contributed by atoms with van der Waals surface area (Å²) in [5, 5.41) is 0. The number of ether oxygens (including phenoxy) is 1. The van der Waals surface area contributed by atoms with Crippen LogP contribution in [0.3, 0.4) is 0 Å². The van der Waals surface area contributed by atoms with E-state index in [1.54, 1.807) is 45.2 Å². The molecule has 0 heterocycles. The van der Waals surface area contributed by atoms with E-state index in [0.717, 1.165) is 12.1 Å². The Bertz CT molecular complexity index is 1120. The van der Waals surface area contributed by atoms with Gasteiger partial charge in [0.2, 0.25) is 0 Å². The van der Waals surface area contributed by atoms with Crippen molar-refractivity contribution in [2.75, 3.05) is 18.6 Å². The average molecular weight is 1040 g/mol. The molecule has 0 bridgehead atoms. The summed E-state index contributed by atoms with van der Waals surface area (Å²) in [6.45, 7) is 0. The van der Waals surface area contributed by atoms with Gasteiger partial charge < -0.3 is 16.2 Å². The quantitative estimate of drug-likeness (QED) is 0.183. The first-order valence-corrected chi connectivity index (χ1v) is 13.5. The number of halogens is 17. The van der Waals surface area contributed by atoms with E-state index >= 15 is 0 Å². The molecule has 0 unspecified atom stereocenters. The van der Waals surface area contributed by atoms with Gasteiger partial charge >= 0.3 is 30.4 Å². The Morgan fingerprint density at radius 1 is 0.513 bits per heavy atom. The third-order valence-electron chi connectivity index (χ3n) is 4.85. The lowest BCUT2D eigenvalue weighted by Crippen LogP contribution is -2.55. The number of anilines is 2. The highest BCUT2D eigenvalue weighted by Gasteiger charge is 2.74. The van der Waals surface area contributed by atoms with Crippen LogP contribution in [0.25, 0.3) is 0 Å². The fourth-order valence-corrected chi connectivity index (χ4v) is 6.43. The Hall–Kier alpha value is 0.01000. The number of alkyl halides is 13. The Morgan fingerprint density at radius 2 is 0.769 bits per heavy atom. The predicted molar refractivity (Wildman–Crippen MR) is 148 cm³/mol. The van der Waals surface area contributed by atoms with Gasteiger partial charge in [-0.25, -0.2) is 4.39 Å². The van der Waals surface area contributed by atoms with E-state index in [2.05, 4.69) is 4.74 Å². The second kappa shape index (κ2) is 12.3. The zero-order valence-corrected chi connectivity index (χ0v) is 26.9. The van der Waals surface area contributed by atoms with Crippen molar-refractivity contribution in [1.29, 1.82) is 0 Å². The highest BCUT2D eigenvalue weighted by atomic mass is 127. The first-order valence-electron chi connectivity index (χ1n) is 9.21. The van der Waals surface area contributed by atoms with Gasteiger partial charge in [-0.2, -0.15) is 52.7 Å². The maximum atomic E-state index is 13.7. The topological polar surface area (TPSA) is 61.3 Å². The molecule has 0 saturated carbocycles. The van der Waals surface area contributed by atoms with Gasteiger partial charge in [-0.1, -0.05) is 0 Å². The summed E-state index contributed by atoms with van der Waals surface area (Å²) >= 11 is 6.02. The molecular formula is C19H11F13I4N2O. The Labute approximate surface area is 265 Å². The molecule has 4 N–H and O–H groups in total. The molecule has 0 aliphatic carbocycles. The highest BCUT2D eigenvalue weighted by Crippen LogP contribution is 2.54. The molecule has 2 aromatic carbocycles. The van der Waals surface area contributed by atoms with Gasteiger partial charge in [-0.15, -0.1) is 0 Å². The van der Waals surface area contributed by atoms with E-state index in [4.69, 9.17) is 11.5 Å². The normalized spacial score (nSPS) is 13.7. The van der Waals surface area contributed by atoms with Crippen LogP contribution in [0.4, 0.5) is 68.5 Å². The van der Waals surface area contributed by atoms with Crippen molar-refractivity contribution < 1.29 is 61.8 Å². The summed E-state index contributed by atoms with van der Waals surface area (Å²) in [5.41, 5.74) is -1.33. The molecule has 0 amide bonds. The van der Waals surface area contributed by atoms with Gasteiger partial charge in [-0.3, -0.25) is 0 Å². The van der Waals surface area contributed by atoms with E-state index in [-0.39, 0.29) is 25.7 Å².